The Morgan fingerprint density at radius 3 is 2.50 bits per heavy atom. The van der Waals surface area contributed by atoms with Gasteiger partial charge < -0.3 is 10.0 Å². The van der Waals surface area contributed by atoms with E-state index in [1.54, 1.807) is 6.92 Å². The molecule has 7 heteroatoms. The highest BCUT2D eigenvalue weighted by molar-refractivity contribution is 5.91. The molecule has 7 nitrogen and oxygen atoms in total. The SMILES string of the molecule is Cc1nc(C(=O)N2C3CCC2CC(CC(=O)O)C3)n[nH]1. The van der Waals surface area contributed by atoms with Gasteiger partial charge in [0.2, 0.25) is 5.82 Å². The molecule has 0 aromatic carbocycles. The van der Waals surface area contributed by atoms with Crippen molar-refractivity contribution in [3.63, 3.8) is 0 Å². The Labute approximate surface area is 116 Å². The predicted molar refractivity (Wildman–Crippen MR) is 69.1 cm³/mol. The molecule has 2 aliphatic heterocycles. The van der Waals surface area contributed by atoms with Gasteiger partial charge in [-0.05, 0) is 38.5 Å². The Morgan fingerprint density at radius 2 is 2.00 bits per heavy atom. The van der Waals surface area contributed by atoms with Crippen LogP contribution in [0.5, 0.6) is 0 Å². The highest BCUT2D eigenvalue weighted by Crippen LogP contribution is 2.40. The number of nitrogens with zero attached hydrogens (tertiary/aromatic N) is 3. The molecule has 2 N–H and O–H groups in total. The minimum absolute atomic E-state index is 0.129. The topological polar surface area (TPSA) is 99.2 Å². The number of amides is 1. The first-order chi connectivity index (χ1) is 9.54. The number of hydrogen-bond acceptors (Lipinski definition) is 4. The van der Waals surface area contributed by atoms with Gasteiger partial charge in [0.1, 0.15) is 5.82 Å². The number of fused-ring (bicyclic) bond motifs is 2. The van der Waals surface area contributed by atoms with Gasteiger partial charge in [-0.25, -0.2) is 4.98 Å². The molecule has 1 aromatic heterocycles. The molecule has 0 spiro atoms. The molecule has 20 heavy (non-hydrogen) atoms. The van der Waals surface area contributed by atoms with Crippen LogP contribution < -0.4 is 0 Å². The van der Waals surface area contributed by atoms with Crippen molar-refractivity contribution in [3.05, 3.63) is 11.6 Å². The Hall–Kier alpha value is -1.92. The average molecular weight is 278 g/mol. The Morgan fingerprint density at radius 1 is 1.35 bits per heavy atom. The van der Waals surface area contributed by atoms with Crippen LogP contribution in [-0.2, 0) is 4.79 Å². The van der Waals surface area contributed by atoms with Gasteiger partial charge in [-0.3, -0.25) is 14.7 Å². The molecule has 1 amide bonds. The number of H-pyrrole nitrogens is 1. The highest BCUT2D eigenvalue weighted by Gasteiger charge is 2.44. The van der Waals surface area contributed by atoms with E-state index < -0.39 is 5.97 Å². The van der Waals surface area contributed by atoms with Crippen molar-refractivity contribution in [2.24, 2.45) is 5.92 Å². The normalized spacial score (nSPS) is 28.6. The molecule has 1 aromatic rings. The number of aryl methyl sites for hydroxylation is 1. The lowest BCUT2D eigenvalue weighted by atomic mass is 9.88. The molecule has 0 saturated carbocycles. The number of carboxylic acid groups (broad SMARTS) is 1. The van der Waals surface area contributed by atoms with Gasteiger partial charge >= 0.3 is 5.97 Å². The Kier molecular flexibility index (Phi) is 3.19. The third-order valence-electron chi connectivity index (χ3n) is 4.32. The number of carboxylic acids is 1. The van der Waals surface area contributed by atoms with Gasteiger partial charge in [-0.1, -0.05) is 0 Å². The van der Waals surface area contributed by atoms with Gasteiger partial charge in [-0.2, -0.15) is 0 Å². The maximum Gasteiger partial charge on any atom is 0.303 e. The molecule has 2 bridgehead atoms. The van der Waals surface area contributed by atoms with Crippen LogP contribution in [-0.4, -0.2) is 49.1 Å². The molecule has 2 aliphatic rings. The first-order valence-electron chi connectivity index (χ1n) is 6.98. The van der Waals surface area contributed by atoms with Crippen molar-refractivity contribution in [2.45, 2.75) is 51.1 Å². The summed E-state index contributed by atoms with van der Waals surface area (Å²) in [6, 6.07) is 0.286. The first kappa shape index (κ1) is 13.1. The number of aliphatic carboxylic acids is 1. The number of hydrogen-bond donors (Lipinski definition) is 2. The van der Waals surface area contributed by atoms with Crippen molar-refractivity contribution in [3.8, 4) is 0 Å². The van der Waals surface area contributed by atoms with Crippen LogP contribution in [0.1, 0.15) is 48.5 Å². The largest absolute Gasteiger partial charge is 0.481 e. The summed E-state index contributed by atoms with van der Waals surface area (Å²) in [6.07, 6.45) is 3.66. The first-order valence-corrected chi connectivity index (χ1v) is 6.98. The smallest absolute Gasteiger partial charge is 0.303 e. The van der Waals surface area contributed by atoms with Crippen LogP contribution in [0.4, 0.5) is 0 Å². The number of piperidine rings is 1. The molecule has 0 radical (unpaired) electrons. The summed E-state index contributed by atoms with van der Waals surface area (Å²) < 4.78 is 0. The van der Waals surface area contributed by atoms with Crippen LogP contribution >= 0.6 is 0 Å². The van der Waals surface area contributed by atoms with Gasteiger partial charge in [0.15, 0.2) is 0 Å². The van der Waals surface area contributed by atoms with E-state index in [1.165, 1.54) is 0 Å². The zero-order valence-corrected chi connectivity index (χ0v) is 11.4. The van der Waals surface area contributed by atoms with Gasteiger partial charge in [0, 0.05) is 18.5 Å². The molecule has 2 unspecified atom stereocenters. The van der Waals surface area contributed by atoms with Crippen molar-refractivity contribution < 1.29 is 14.7 Å². The molecule has 2 atom stereocenters. The molecule has 2 fully saturated rings. The van der Waals surface area contributed by atoms with Crippen LogP contribution in [0.3, 0.4) is 0 Å². The third-order valence-corrected chi connectivity index (χ3v) is 4.32. The molecule has 108 valence electrons. The zero-order valence-electron chi connectivity index (χ0n) is 11.4. The summed E-state index contributed by atoms with van der Waals surface area (Å²) in [5.74, 6) is 0.148. The summed E-state index contributed by atoms with van der Waals surface area (Å²) in [4.78, 5) is 29.3. The number of carbonyl (C=O) groups is 2. The predicted octanol–water partition coefficient (Wildman–Crippen LogP) is 0.971. The molecular weight excluding hydrogens is 260 g/mol. The van der Waals surface area contributed by atoms with Crippen molar-refractivity contribution in [1.82, 2.24) is 20.1 Å². The summed E-state index contributed by atoms with van der Waals surface area (Å²) in [7, 11) is 0. The second kappa shape index (κ2) is 4.88. The summed E-state index contributed by atoms with van der Waals surface area (Å²) in [5.41, 5.74) is 0. The Bertz CT molecular complexity index is 527. The molecule has 3 rings (SSSR count). The highest BCUT2D eigenvalue weighted by atomic mass is 16.4. The van der Waals surface area contributed by atoms with Gasteiger partial charge in [-0.15, -0.1) is 5.10 Å². The third kappa shape index (κ3) is 2.28. The van der Waals surface area contributed by atoms with E-state index in [4.69, 9.17) is 5.11 Å². The zero-order chi connectivity index (χ0) is 14.3. The van der Waals surface area contributed by atoms with E-state index in [2.05, 4.69) is 15.2 Å². The van der Waals surface area contributed by atoms with E-state index in [-0.39, 0.29) is 36.2 Å². The number of carbonyl (C=O) groups excluding carboxylic acids is 1. The van der Waals surface area contributed by atoms with Crippen molar-refractivity contribution in [1.29, 1.82) is 0 Å². The number of nitrogens with one attached hydrogen (secondary N) is 1. The molecule has 3 heterocycles. The maximum absolute atomic E-state index is 12.5. The lowest BCUT2D eigenvalue weighted by Crippen LogP contribution is -2.47. The van der Waals surface area contributed by atoms with Crippen molar-refractivity contribution in [2.75, 3.05) is 0 Å². The second-order valence-corrected chi connectivity index (χ2v) is 5.78. The average Bonchev–Trinajstić information content (AvgIpc) is 2.91. The lowest BCUT2D eigenvalue weighted by molar-refractivity contribution is -0.138. The summed E-state index contributed by atoms with van der Waals surface area (Å²) in [6.45, 7) is 1.76. The van der Waals surface area contributed by atoms with Crippen molar-refractivity contribution >= 4 is 11.9 Å². The summed E-state index contributed by atoms with van der Waals surface area (Å²) >= 11 is 0. The second-order valence-electron chi connectivity index (χ2n) is 5.78. The fraction of sp³-hybridized carbons (Fsp3) is 0.692. The van der Waals surface area contributed by atoms with E-state index in [0.29, 0.717) is 5.82 Å². The molecular formula is C13H18N4O3. The molecule has 2 saturated heterocycles. The van der Waals surface area contributed by atoms with E-state index in [0.717, 1.165) is 25.7 Å². The maximum atomic E-state index is 12.5. The summed E-state index contributed by atoms with van der Waals surface area (Å²) in [5, 5.41) is 15.5. The number of aromatic amines is 1. The number of aromatic nitrogens is 3. The van der Waals surface area contributed by atoms with E-state index >= 15 is 0 Å². The fourth-order valence-corrected chi connectivity index (χ4v) is 3.59. The molecule has 0 aliphatic carbocycles. The standard InChI is InChI=1S/C13H18N4O3/c1-7-14-12(16-15-7)13(20)17-9-2-3-10(17)5-8(4-9)6-11(18)19/h8-10H,2-6H2,1H3,(H,18,19)(H,14,15,16). The Balaban J connectivity index is 1.74. The van der Waals surface area contributed by atoms with Gasteiger partial charge in [0.05, 0.1) is 0 Å². The monoisotopic (exact) mass is 278 g/mol. The lowest BCUT2D eigenvalue weighted by Gasteiger charge is -2.38. The minimum atomic E-state index is -0.751. The van der Waals surface area contributed by atoms with Crippen LogP contribution in [0, 0.1) is 12.8 Å². The van der Waals surface area contributed by atoms with E-state index in [1.807, 2.05) is 4.90 Å². The van der Waals surface area contributed by atoms with Crippen LogP contribution in [0.15, 0.2) is 0 Å². The van der Waals surface area contributed by atoms with Gasteiger partial charge in [0.25, 0.3) is 5.91 Å². The fourth-order valence-electron chi connectivity index (χ4n) is 3.59. The number of rotatable bonds is 3. The van der Waals surface area contributed by atoms with Crippen LogP contribution in [0.2, 0.25) is 0 Å². The van der Waals surface area contributed by atoms with Crippen LogP contribution in [0.25, 0.3) is 0 Å². The minimum Gasteiger partial charge on any atom is -0.481 e. The van der Waals surface area contributed by atoms with E-state index in [9.17, 15) is 9.59 Å². The quantitative estimate of drug-likeness (QED) is 0.858.